The second kappa shape index (κ2) is 9.36. The molecule has 3 aromatic rings. The summed E-state index contributed by atoms with van der Waals surface area (Å²) < 4.78 is 11.2. The van der Waals surface area contributed by atoms with Crippen LogP contribution in [0, 0.1) is 0 Å². The van der Waals surface area contributed by atoms with Crippen molar-refractivity contribution in [3.05, 3.63) is 66.7 Å². The lowest BCUT2D eigenvalue weighted by molar-refractivity contribution is -0.118. The van der Waals surface area contributed by atoms with Crippen LogP contribution in [0.1, 0.15) is 18.7 Å². The number of nitrogens with two attached hydrogens (primary N) is 1. The van der Waals surface area contributed by atoms with E-state index in [1.807, 2.05) is 30.3 Å². The number of carbonyl (C=O) groups is 2. The highest BCUT2D eigenvalue weighted by molar-refractivity contribution is 5.92. The molecule has 144 valence electrons. The van der Waals surface area contributed by atoms with Gasteiger partial charge in [0, 0.05) is 18.4 Å². The molecular weight excluding hydrogens is 358 g/mol. The average molecular weight is 379 g/mol. The van der Waals surface area contributed by atoms with E-state index in [0.29, 0.717) is 29.5 Å². The van der Waals surface area contributed by atoms with Crippen LogP contribution in [0.15, 0.2) is 65.2 Å². The van der Waals surface area contributed by atoms with Crippen LogP contribution in [0.25, 0.3) is 11.3 Å². The van der Waals surface area contributed by atoms with Gasteiger partial charge in [0.15, 0.2) is 11.7 Å². The van der Waals surface area contributed by atoms with E-state index < -0.39 is 5.91 Å². The number of oxazole rings is 1. The van der Waals surface area contributed by atoms with Gasteiger partial charge in [0.1, 0.15) is 5.75 Å². The Labute approximate surface area is 162 Å². The van der Waals surface area contributed by atoms with Crippen LogP contribution in [0.3, 0.4) is 0 Å². The first-order valence-corrected chi connectivity index (χ1v) is 8.92. The number of aromatic nitrogens is 1. The highest BCUT2D eigenvalue weighted by Gasteiger charge is 2.11. The fourth-order valence-corrected chi connectivity index (χ4v) is 2.55. The molecule has 0 aliphatic rings. The molecule has 7 nitrogen and oxygen atoms in total. The number of aryl methyl sites for hydroxylation is 1. The Bertz CT molecular complexity index is 938. The molecule has 0 saturated heterocycles. The average Bonchev–Trinajstić information content (AvgIpc) is 3.17. The molecule has 2 amide bonds. The molecule has 3 rings (SSSR count). The number of nitrogens with one attached hydrogen (secondary N) is 1. The summed E-state index contributed by atoms with van der Waals surface area (Å²) in [6.45, 7) is 0.154. The predicted molar refractivity (Wildman–Crippen MR) is 105 cm³/mol. The number of amides is 2. The third-order valence-electron chi connectivity index (χ3n) is 3.94. The summed E-state index contributed by atoms with van der Waals surface area (Å²) >= 11 is 0. The zero-order chi connectivity index (χ0) is 19.8. The maximum atomic E-state index is 12.3. The molecule has 0 aliphatic heterocycles. The van der Waals surface area contributed by atoms with Gasteiger partial charge in [0.05, 0.1) is 24.9 Å². The van der Waals surface area contributed by atoms with Gasteiger partial charge in [-0.1, -0.05) is 42.5 Å². The van der Waals surface area contributed by atoms with E-state index in [2.05, 4.69) is 10.3 Å². The summed E-state index contributed by atoms with van der Waals surface area (Å²) in [6.07, 6.45) is 2.36. The predicted octanol–water partition coefficient (Wildman–Crippen LogP) is 3.17. The van der Waals surface area contributed by atoms with Crippen molar-refractivity contribution in [1.82, 2.24) is 4.98 Å². The van der Waals surface area contributed by atoms with Gasteiger partial charge in [-0.15, -0.1) is 0 Å². The van der Waals surface area contributed by atoms with Gasteiger partial charge in [-0.05, 0) is 12.1 Å². The number of hydrogen-bond donors (Lipinski definition) is 2. The summed E-state index contributed by atoms with van der Waals surface area (Å²) in [5.74, 6) is 1.02. The van der Waals surface area contributed by atoms with Crippen molar-refractivity contribution < 1.29 is 18.7 Å². The van der Waals surface area contributed by atoms with Crippen molar-refractivity contribution in [3.8, 4) is 17.1 Å². The molecule has 0 fully saturated rings. The highest BCUT2D eigenvalue weighted by Crippen LogP contribution is 2.24. The maximum absolute atomic E-state index is 12.3. The zero-order valence-corrected chi connectivity index (χ0v) is 15.3. The van der Waals surface area contributed by atoms with Gasteiger partial charge in [0.25, 0.3) is 0 Å². The van der Waals surface area contributed by atoms with Crippen LogP contribution in [-0.2, 0) is 16.0 Å². The summed E-state index contributed by atoms with van der Waals surface area (Å²) in [4.78, 5) is 27.3. The van der Waals surface area contributed by atoms with E-state index >= 15 is 0 Å². The number of primary amides is 1. The molecular formula is C21H21N3O4. The summed E-state index contributed by atoms with van der Waals surface area (Å²) in [5, 5.41) is 2.81. The van der Waals surface area contributed by atoms with Crippen molar-refractivity contribution in [3.63, 3.8) is 0 Å². The number of ether oxygens (including phenoxy) is 1. The van der Waals surface area contributed by atoms with Crippen molar-refractivity contribution in [2.45, 2.75) is 19.3 Å². The molecule has 28 heavy (non-hydrogen) atoms. The maximum Gasteiger partial charge on any atom is 0.224 e. The minimum absolute atomic E-state index is 0.107. The first kappa shape index (κ1) is 19.2. The standard InChI is InChI=1S/C21H21N3O4/c22-19(25)12-13-27-17-9-5-4-8-16(17)24-20(26)10-11-21-23-14-18(28-21)15-6-2-1-3-7-15/h1-9,14H,10-13H2,(H2,22,25)(H,24,26). The lowest BCUT2D eigenvalue weighted by Gasteiger charge is -2.11. The van der Waals surface area contributed by atoms with Gasteiger partial charge in [-0.2, -0.15) is 0 Å². The van der Waals surface area contributed by atoms with Crippen LogP contribution in [-0.4, -0.2) is 23.4 Å². The molecule has 1 aromatic heterocycles. The number of benzene rings is 2. The SMILES string of the molecule is NC(=O)CCOc1ccccc1NC(=O)CCc1ncc(-c2ccccc2)o1. The van der Waals surface area contributed by atoms with E-state index in [1.54, 1.807) is 30.5 Å². The fraction of sp³-hybridized carbons (Fsp3) is 0.190. The van der Waals surface area contributed by atoms with Crippen LogP contribution < -0.4 is 15.8 Å². The van der Waals surface area contributed by atoms with E-state index in [0.717, 1.165) is 5.56 Å². The summed E-state index contributed by atoms with van der Waals surface area (Å²) in [6, 6.07) is 16.7. The zero-order valence-electron chi connectivity index (χ0n) is 15.3. The van der Waals surface area contributed by atoms with Crippen LogP contribution >= 0.6 is 0 Å². The molecule has 3 N–H and O–H groups in total. The third-order valence-corrected chi connectivity index (χ3v) is 3.94. The number of nitrogens with zero attached hydrogens (tertiary/aromatic N) is 1. The monoisotopic (exact) mass is 379 g/mol. The third kappa shape index (κ3) is 5.44. The molecule has 0 saturated carbocycles. The second-order valence-electron chi connectivity index (χ2n) is 6.09. The van der Waals surface area contributed by atoms with Crippen LogP contribution in [0.4, 0.5) is 5.69 Å². The Morgan fingerprint density at radius 2 is 1.79 bits per heavy atom. The number of rotatable bonds is 9. The normalized spacial score (nSPS) is 10.4. The van der Waals surface area contributed by atoms with Gasteiger partial charge < -0.3 is 20.2 Å². The smallest absolute Gasteiger partial charge is 0.224 e. The Morgan fingerprint density at radius 3 is 2.57 bits per heavy atom. The van der Waals surface area contributed by atoms with Gasteiger partial charge in [-0.25, -0.2) is 4.98 Å². The number of carbonyl (C=O) groups excluding carboxylic acids is 2. The van der Waals surface area contributed by atoms with E-state index in [-0.39, 0.29) is 25.4 Å². The minimum Gasteiger partial charge on any atom is -0.491 e. The Morgan fingerprint density at radius 1 is 1.04 bits per heavy atom. The quantitative estimate of drug-likeness (QED) is 0.594. The Balaban J connectivity index is 1.54. The Hall–Kier alpha value is -3.61. The van der Waals surface area contributed by atoms with Crippen LogP contribution in [0.2, 0.25) is 0 Å². The lowest BCUT2D eigenvalue weighted by Crippen LogP contribution is -2.16. The fourth-order valence-electron chi connectivity index (χ4n) is 2.55. The number of para-hydroxylation sites is 2. The molecule has 1 heterocycles. The highest BCUT2D eigenvalue weighted by atomic mass is 16.5. The van der Waals surface area contributed by atoms with E-state index in [1.165, 1.54) is 0 Å². The Kier molecular flexibility index (Phi) is 6.41. The summed E-state index contributed by atoms with van der Waals surface area (Å²) in [7, 11) is 0. The molecule has 0 unspecified atom stereocenters. The molecule has 0 bridgehead atoms. The summed E-state index contributed by atoms with van der Waals surface area (Å²) in [5.41, 5.74) is 6.58. The van der Waals surface area contributed by atoms with Gasteiger partial charge in [0.2, 0.25) is 11.8 Å². The lowest BCUT2D eigenvalue weighted by atomic mass is 10.2. The van der Waals surface area contributed by atoms with Crippen molar-refractivity contribution in [2.24, 2.45) is 5.73 Å². The van der Waals surface area contributed by atoms with Gasteiger partial charge >= 0.3 is 0 Å². The first-order chi connectivity index (χ1) is 13.6. The van der Waals surface area contributed by atoms with Crippen molar-refractivity contribution in [1.29, 1.82) is 0 Å². The molecule has 7 heteroatoms. The van der Waals surface area contributed by atoms with E-state index in [4.69, 9.17) is 14.9 Å². The molecule has 0 radical (unpaired) electrons. The van der Waals surface area contributed by atoms with Crippen molar-refractivity contribution >= 4 is 17.5 Å². The number of hydrogen-bond acceptors (Lipinski definition) is 5. The molecule has 0 aliphatic carbocycles. The van der Waals surface area contributed by atoms with Gasteiger partial charge in [-0.3, -0.25) is 9.59 Å². The second-order valence-corrected chi connectivity index (χ2v) is 6.09. The largest absolute Gasteiger partial charge is 0.491 e. The minimum atomic E-state index is -0.442. The van der Waals surface area contributed by atoms with E-state index in [9.17, 15) is 9.59 Å². The molecule has 0 atom stereocenters. The van der Waals surface area contributed by atoms with Crippen LogP contribution in [0.5, 0.6) is 5.75 Å². The molecule has 2 aromatic carbocycles. The topological polar surface area (TPSA) is 107 Å². The first-order valence-electron chi connectivity index (χ1n) is 8.92. The molecule has 0 spiro atoms. The number of anilines is 1. The van der Waals surface area contributed by atoms with Crippen molar-refractivity contribution in [2.75, 3.05) is 11.9 Å².